The van der Waals surface area contributed by atoms with Crippen LogP contribution in [0.2, 0.25) is 5.02 Å². The summed E-state index contributed by atoms with van der Waals surface area (Å²) in [6.07, 6.45) is 5.34. The van der Waals surface area contributed by atoms with E-state index >= 15 is 8.78 Å². The van der Waals surface area contributed by atoms with Crippen LogP contribution in [0.3, 0.4) is 0 Å². The Balaban J connectivity index is 1.43. The summed E-state index contributed by atoms with van der Waals surface area (Å²) in [7, 11) is -4.53. The lowest BCUT2D eigenvalue weighted by Crippen LogP contribution is -2.57. The lowest BCUT2D eigenvalue weighted by Gasteiger charge is -2.35. The molecule has 1 aliphatic carbocycles. The molecule has 1 heterocycles. The molecule has 2 aliphatic rings. The topological polar surface area (TPSA) is 102 Å². The van der Waals surface area contributed by atoms with Crippen LogP contribution in [0.4, 0.5) is 8.78 Å². The van der Waals surface area contributed by atoms with Gasteiger partial charge in [-0.05, 0) is 85.7 Å². The van der Waals surface area contributed by atoms with E-state index in [1.165, 1.54) is 29.2 Å². The number of piperidine rings is 1. The van der Waals surface area contributed by atoms with Crippen molar-refractivity contribution in [3.8, 4) is 5.75 Å². The van der Waals surface area contributed by atoms with Crippen LogP contribution in [0.15, 0.2) is 65.6 Å². The maximum Gasteiger partial charge on any atom is 0.298 e. The highest BCUT2D eigenvalue weighted by molar-refractivity contribution is 7.89. The standard InChI is InChI=1S/C29H32ClF2N3O4S/c30-22-9-7-21(8-10-22)29(31,32)27(28(36)35-15-13-23(33)14-16-35)34-40(37,38)26-12-6-19-17-25(11-5-20(19)18-26)39-24-3-1-2-4-24/h5-12,17-18,23-24,27,34H,1-4,13-16,33H2/t27-/m0/s1. The van der Waals surface area contributed by atoms with E-state index in [2.05, 4.69) is 0 Å². The number of fused-ring (bicyclic) bond motifs is 1. The largest absolute Gasteiger partial charge is 0.490 e. The number of amides is 1. The first-order chi connectivity index (χ1) is 19.0. The molecule has 0 unspecified atom stereocenters. The molecule has 0 radical (unpaired) electrons. The summed E-state index contributed by atoms with van der Waals surface area (Å²) < 4.78 is 66.8. The second-order valence-corrected chi connectivity index (χ2v) is 12.7. The Morgan fingerprint density at radius 3 is 2.27 bits per heavy atom. The summed E-state index contributed by atoms with van der Waals surface area (Å²) in [5, 5.41) is 1.58. The van der Waals surface area contributed by atoms with Crippen LogP contribution in [0.25, 0.3) is 10.8 Å². The number of ether oxygens (including phenoxy) is 1. The fraction of sp³-hybridized carbons (Fsp3) is 0.414. The number of likely N-dealkylation sites (tertiary alicyclic amines) is 1. The van der Waals surface area contributed by atoms with Gasteiger partial charge in [-0.3, -0.25) is 4.79 Å². The van der Waals surface area contributed by atoms with Crippen molar-refractivity contribution in [2.45, 2.75) is 67.5 Å². The van der Waals surface area contributed by atoms with Crippen LogP contribution >= 0.6 is 11.6 Å². The predicted molar refractivity (Wildman–Crippen MR) is 150 cm³/mol. The van der Waals surface area contributed by atoms with Crippen LogP contribution in [0, 0.1) is 0 Å². The third kappa shape index (κ3) is 6.25. The van der Waals surface area contributed by atoms with Gasteiger partial charge in [-0.1, -0.05) is 35.9 Å². The maximum absolute atomic E-state index is 15.9. The number of hydrogen-bond acceptors (Lipinski definition) is 5. The summed E-state index contributed by atoms with van der Waals surface area (Å²) in [6.45, 7) is 0.326. The molecule has 3 N–H and O–H groups in total. The third-order valence-corrected chi connectivity index (χ3v) is 9.33. The van der Waals surface area contributed by atoms with Crippen LogP contribution in [-0.4, -0.2) is 50.5 Å². The minimum atomic E-state index is -4.53. The van der Waals surface area contributed by atoms with Crippen molar-refractivity contribution in [1.82, 2.24) is 9.62 Å². The van der Waals surface area contributed by atoms with E-state index in [-0.39, 0.29) is 35.2 Å². The fourth-order valence-corrected chi connectivity index (χ4v) is 6.64. The lowest BCUT2D eigenvalue weighted by atomic mass is 9.99. The van der Waals surface area contributed by atoms with Crippen molar-refractivity contribution >= 4 is 38.3 Å². The van der Waals surface area contributed by atoms with E-state index in [1.807, 2.05) is 10.8 Å². The van der Waals surface area contributed by atoms with Gasteiger partial charge >= 0.3 is 0 Å². The monoisotopic (exact) mass is 591 g/mol. The first kappa shape index (κ1) is 28.7. The maximum atomic E-state index is 15.9. The van der Waals surface area contributed by atoms with Crippen molar-refractivity contribution in [2.75, 3.05) is 13.1 Å². The highest BCUT2D eigenvalue weighted by Crippen LogP contribution is 2.35. The molecular formula is C29H32ClF2N3O4S. The Bertz CT molecular complexity index is 1470. The zero-order valence-corrected chi connectivity index (χ0v) is 23.4. The molecule has 0 spiro atoms. The number of halogens is 3. The highest BCUT2D eigenvalue weighted by atomic mass is 35.5. The molecule has 11 heteroatoms. The lowest BCUT2D eigenvalue weighted by molar-refractivity contribution is -0.145. The van der Waals surface area contributed by atoms with Crippen molar-refractivity contribution in [3.05, 3.63) is 71.2 Å². The summed E-state index contributed by atoms with van der Waals surface area (Å²) >= 11 is 5.87. The van der Waals surface area contributed by atoms with Gasteiger partial charge in [0.15, 0.2) is 6.04 Å². The summed E-state index contributed by atoms with van der Waals surface area (Å²) in [5.74, 6) is -4.18. The molecule has 0 bridgehead atoms. The minimum absolute atomic E-state index is 0.141. The molecule has 5 rings (SSSR count). The number of alkyl halides is 2. The zero-order chi connectivity index (χ0) is 28.5. The number of carbonyl (C=O) groups is 1. The molecule has 1 amide bonds. The summed E-state index contributed by atoms with van der Waals surface area (Å²) in [4.78, 5) is 14.4. The summed E-state index contributed by atoms with van der Waals surface area (Å²) in [5.41, 5.74) is 5.39. The SMILES string of the molecule is NC1CCN(C(=O)[C@H](NS(=O)(=O)c2ccc3cc(OC4CCCC4)ccc3c2)C(F)(F)c2ccc(Cl)cc2)CC1. The molecule has 1 saturated heterocycles. The Morgan fingerprint density at radius 2 is 1.60 bits per heavy atom. The second-order valence-electron chi connectivity index (χ2n) is 10.5. The smallest absolute Gasteiger partial charge is 0.298 e. The molecule has 1 saturated carbocycles. The number of nitrogens with one attached hydrogen (secondary N) is 1. The van der Waals surface area contributed by atoms with Gasteiger partial charge in [0.2, 0.25) is 15.9 Å². The summed E-state index contributed by atoms with van der Waals surface area (Å²) in [6, 6.07) is 11.9. The van der Waals surface area contributed by atoms with Crippen LogP contribution in [0.1, 0.15) is 44.1 Å². The Labute approximate surface area is 237 Å². The number of nitrogens with zero attached hydrogens (tertiary/aromatic N) is 1. The molecule has 214 valence electrons. The van der Waals surface area contributed by atoms with Gasteiger partial charge in [0.1, 0.15) is 5.75 Å². The number of sulfonamides is 1. The molecule has 0 aromatic heterocycles. The first-order valence-electron chi connectivity index (χ1n) is 13.4. The quantitative estimate of drug-likeness (QED) is 0.375. The average Bonchev–Trinajstić information content (AvgIpc) is 3.45. The van der Waals surface area contributed by atoms with Crippen LogP contribution in [-0.2, 0) is 20.7 Å². The Morgan fingerprint density at radius 1 is 0.975 bits per heavy atom. The predicted octanol–water partition coefficient (Wildman–Crippen LogP) is 5.20. The van der Waals surface area contributed by atoms with Gasteiger partial charge in [-0.25, -0.2) is 8.42 Å². The second kappa shape index (κ2) is 11.6. The number of hydrogen-bond donors (Lipinski definition) is 2. The number of rotatable bonds is 8. The molecule has 3 aromatic rings. The van der Waals surface area contributed by atoms with Gasteiger partial charge in [0.25, 0.3) is 5.92 Å². The van der Waals surface area contributed by atoms with E-state index < -0.39 is 33.5 Å². The van der Waals surface area contributed by atoms with Crippen LogP contribution in [0.5, 0.6) is 5.75 Å². The van der Waals surface area contributed by atoms with E-state index in [9.17, 15) is 13.2 Å². The van der Waals surface area contributed by atoms with Crippen molar-refractivity contribution < 1.29 is 26.7 Å². The van der Waals surface area contributed by atoms with Crippen molar-refractivity contribution in [2.24, 2.45) is 5.73 Å². The van der Waals surface area contributed by atoms with E-state index in [1.54, 1.807) is 18.2 Å². The highest BCUT2D eigenvalue weighted by Gasteiger charge is 2.50. The molecule has 40 heavy (non-hydrogen) atoms. The van der Waals surface area contributed by atoms with Gasteiger partial charge in [0.05, 0.1) is 11.0 Å². The van der Waals surface area contributed by atoms with Gasteiger partial charge in [0, 0.05) is 29.7 Å². The fourth-order valence-electron chi connectivity index (χ4n) is 5.28. The minimum Gasteiger partial charge on any atom is -0.490 e. The van der Waals surface area contributed by atoms with Crippen molar-refractivity contribution in [1.29, 1.82) is 0 Å². The van der Waals surface area contributed by atoms with E-state index in [4.69, 9.17) is 22.1 Å². The van der Waals surface area contributed by atoms with Gasteiger partial charge < -0.3 is 15.4 Å². The Kier molecular flexibility index (Phi) is 8.33. The molecule has 1 aliphatic heterocycles. The third-order valence-electron chi connectivity index (χ3n) is 7.66. The number of benzene rings is 3. The van der Waals surface area contributed by atoms with E-state index in [0.717, 1.165) is 43.2 Å². The Hall–Kier alpha value is -2.79. The van der Waals surface area contributed by atoms with Gasteiger partial charge in [-0.2, -0.15) is 13.5 Å². The number of carbonyl (C=O) groups excluding carboxylic acids is 1. The van der Waals surface area contributed by atoms with Crippen molar-refractivity contribution in [3.63, 3.8) is 0 Å². The molecule has 7 nitrogen and oxygen atoms in total. The molecule has 3 aromatic carbocycles. The normalized spacial score (nSPS) is 18.2. The van der Waals surface area contributed by atoms with Crippen LogP contribution < -0.4 is 15.2 Å². The zero-order valence-electron chi connectivity index (χ0n) is 21.9. The van der Waals surface area contributed by atoms with E-state index in [0.29, 0.717) is 24.0 Å². The van der Waals surface area contributed by atoms with Gasteiger partial charge in [-0.15, -0.1) is 0 Å². The average molecular weight is 592 g/mol. The molecular weight excluding hydrogens is 560 g/mol. The molecule has 1 atom stereocenters. The molecule has 2 fully saturated rings. The number of nitrogens with two attached hydrogens (primary N) is 1. The first-order valence-corrected chi connectivity index (χ1v) is 15.3.